The Morgan fingerprint density at radius 1 is 0.900 bits per heavy atom. The first-order chi connectivity index (χ1) is 9.83. The van der Waals surface area contributed by atoms with Gasteiger partial charge >= 0.3 is 0 Å². The molecule has 1 aromatic carbocycles. The molecule has 0 aliphatic heterocycles. The second-order valence-electron chi connectivity index (χ2n) is 4.71. The van der Waals surface area contributed by atoms with Crippen LogP contribution in [0.4, 0.5) is 0 Å². The Morgan fingerprint density at radius 2 is 1.70 bits per heavy atom. The summed E-state index contributed by atoms with van der Waals surface area (Å²) in [5, 5.41) is 18.0. The summed E-state index contributed by atoms with van der Waals surface area (Å²) in [5.74, 6) is 0. The van der Waals surface area contributed by atoms with Crippen LogP contribution < -0.4 is 0 Å². The van der Waals surface area contributed by atoms with Crippen LogP contribution in [0.15, 0.2) is 42.5 Å². The van der Waals surface area contributed by atoms with Crippen LogP contribution in [0, 0.1) is 0 Å². The summed E-state index contributed by atoms with van der Waals surface area (Å²) in [4.78, 5) is 4.73. The third-order valence-electron chi connectivity index (χ3n) is 3.15. The van der Waals surface area contributed by atoms with Crippen LogP contribution in [-0.2, 0) is 6.54 Å². The summed E-state index contributed by atoms with van der Waals surface area (Å²) in [7, 11) is 0. The maximum atomic E-state index is 9.10. The van der Waals surface area contributed by atoms with E-state index in [1.165, 1.54) is 15.3 Å². The first-order valence-corrected chi connectivity index (χ1v) is 7.73. The Morgan fingerprint density at radius 3 is 2.40 bits per heavy atom. The second-order valence-corrected chi connectivity index (χ2v) is 5.88. The van der Waals surface area contributed by atoms with Gasteiger partial charge in [-0.2, -0.15) is 0 Å². The minimum Gasteiger partial charge on any atom is -0.396 e. The van der Waals surface area contributed by atoms with E-state index in [0.29, 0.717) is 6.54 Å². The van der Waals surface area contributed by atoms with E-state index in [1.54, 1.807) is 11.3 Å². The van der Waals surface area contributed by atoms with Crippen molar-refractivity contribution in [3.8, 4) is 10.4 Å². The molecule has 0 radical (unpaired) electrons. The molecule has 0 atom stereocenters. The lowest BCUT2D eigenvalue weighted by Gasteiger charge is -2.19. The van der Waals surface area contributed by atoms with Crippen molar-refractivity contribution in [2.24, 2.45) is 0 Å². The molecule has 0 bridgehead atoms. The molecule has 0 fully saturated rings. The van der Waals surface area contributed by atoms with E-state index in [4.69, 9.17) is 10.2 Å². The van der Waals surface area contributed by atoms with Gasteiger partial charge in [0.15, 0.2) is 0 Å². The molecular formula is C16H21NO2S. The molecule has 0 saturated carbocycles. The fourth-order valence-corrected chi connectivity index (χ4v) is 3.20. The average Bonchev–Trinajstić information content (AvgIpc) is 2.94. The number of thiophene rings is 1. The fraction of sp³-hybridized carbons (Fsp3) is 0.375. The van der Waals surface area contributed by atoms with E-state index >= 15 is 0 Å². The molecule has 2 rings (SSSR count). The zero-order chi connectivity index (χ0) is 14.2. The molecule has 0 amide bonds. The van der Waals surface area contributed by atoms with Crippen molar-refractivity contribution >= 4 is 11.3 Å². The van der Waals surface area contributed by atoms with Gasteiger partial charge in [-0.1, -0.05) is 30.3 Å². The molecule has 20 heavy (non-hydrogen) atoms. The molecule has 3 nitrogen and oxygen atoms in total. The summed E-state index contributed by atoms with van der Waals surface area (Å²) in [5.41, 5.74) is 1.24. The van der Waals surface area contributed by atoms with Gasteiger partial charge in [0, 0.05) is 36.0 Å². The summed E-state index contributed by atoms with van der Waals surface area (Å²) >= 11 is 1.79. The Kier molecular flexibility index (Phi) is 6.21. The number of hydrogen-bond donors (Lipinski definition) is 2. The quantitative estimate of drug-likeness (QED) is 0.785. The van der Waals surface area contributed by atoms with Crippen molar-refractivity contribution in [1.29, 1.82) is 0 Å². The Labute approximate surface area is 124 Å². The number of nitrogens with zero attached hydrogens (tertiary/aromatic N) is 1. The molecule has 4 heteroatoms. The van der Waals surface area contributed by atoms with Gasteiger partial charge in [0.05, 0.1) is 6.61 Å². The lowest BCUT2D eigenvalue weighted by Crippen LogP contribution is -2.27. The monoisotopic (exact) mass is 291 g/mol. The smallest absolute Gasteiger partial charge is 0.0558 e. The molecule has 0 spiro atoms. The third kappa shape index (κ3) is 4.42. The van der Waals surface area contributed by atoms with E-state index < -0.39 is 0 Å². The molecule has 0 unspecified atom stereocenters. The predicted octanol–water partition coefficient (Wildman–Crippen LogP) is 2.59. The zero-order valence-electron chi connectivity index (χ0n) is 11.5. The van der Waals surface area contributed by atoms with Crippen molar-refractivity contribution in [1.82, 2.24) is 4.90 Å². The normalized spacial score (nSPS) is 11.2. The molecule has 108 valence electrons. The van der Waals surface area contributed by atoms with Gasteiger partial charge in [-0.3, -0.25) is 4.90 Å². The maximum absolute atomic E-state index is 9.10. The van der Waals surface area contributed by atoms with Crippen molar-refractivity contribution in [3.05, 3.63) is 47.3 Å². The number of hydrogen-bond acceptors (Lipinski definition) is 4. The SMILES string of the molecule is OCCCN(CCO)Cc1ccc(-c2ccccc2)s1. The Balaban J connectivity index is 2.00. The third-order valence-corrected chi connectivity index (χ3v) is 4.27. The predicted molar refractivity (Wildman–Crippen MR) is 83.8 cm³/mol. The summed E-state index contributed by atoms with van der Waals surface area (Å²) in [6.45, 7) is 2.65. The summed E-state index contributed by atoms with van der Waals surface area (Å²) in [6, 6.07) is 14.7. The summed E-state index contributed by atoms with van der Waals surface area (Å²) in [6.07, 6.45) is 0.747. The van der Waals surface area contributed by atoms with Gasteiger partial charge in [0.25, 0.3) is 0 Å². The van der Waals surface area contributed by atoms with Crippen LogP contribution in [0.1, 0.15) is 11.3 Å². The number of rotatable bonds is 8. The molecule has 0 saturated heterocycles. The topological polar surface area (TPSA) is 43.7 Å². The van der Waals surface area contributed by atoms with Crippen molar-refractivity contribution < 1.29 is 10.2 Å². The highest BCUT2D eigenvalue weighted by Gasteiger charge is 2.08. The van der Waals surface area contributed by atoms with Crippen molar-refractivity contribution in [2.75, 3.05) is 26.3 Å². The highest BCUT2D eigenvalue weighted by molar-refractivity contribution is 7.15. The van der Waals surface area contributed by atoms with Crippen LogP contribution in [0.25, 0.3) is 10.4 Å². The molecule has 2 aromatic rings. The first kappa shape index (κ1) is 15.2. The van der Waals surface area contributed by atoms with Crippen LogP contribution in [0.2, 0.25) is 0 Å². The van der Waals surface area contributed by atoms with Gasteiger partial charge in [0.1, 0.15) is 0 Å². The molecule has 1 aromatic heterocycles. The van der Waals surface area contributed by atoms with Gasteiger partial charge in [-0.25, -0.2) is 0 Å². The van der Waals surface area contributed by atoms with Crippen LogP contribution in [0.5, 0.6) is 0 Å². The molecular weight excluding hydrogens is 270 g/mol. The Hall–Kier alpha value is -1.20. The van der Waals surface area contributed by atoms with Gasteiger partial charge in [-0.15, -0.1) is 11.3 Å². The lowest BCUT2D eigenvalue weighted by molar-refractivity contribution is 0.175. The van der Waals surface area contributed by atoms with Crippen LogP contribution >= 0.6 is 11.3 Å². The molecule has 0 aliphatic carbocycles. The van der Waals surface area contributed by atoms with E-state index in [2.05, 4.69) is 29.2 Å². The number of aliphatic hydroxyl groups is 2. The van der Waals surface area contributed by atoms with E-state index in [9.17, 15) is 0 Å². The van der Waals surface area contributed by atoms with E-state index in [0.717, 1.165) is 19.5 Å². The van der Waals surface area contributed by atoms with Crippen molar-refractivity contribution in [3.63, 3.8) is 0 Å². The van der Waals surface area contributed by atoms with Gasteiger partial charge in [0.2, 0.25) is 0 Å². The van der Waals surface area contributed by atoms with Crippen LogP contribution in [-0.4, -0.2) is 41.4 Å². The fourth-order valence-electron chi connectivity index (χ4n) is 2.15. The van der Waals surface area contributed by atoms with Crippen molar-refractivity contribution in [2.45, 2.75) is 13.0 Å². The second kappa shape index (κ2) is 8.17. The number of aliphatic hydroxyl groups excluding tert-OH is 2. The minimum absolute atomic E-state index is 0.155. The standard InChI is InChI=1S/C16H21NO2S/c18-11-4-9-17(10-12-19)13-15-7-8-16(20-15)14-5-2-1-3-6-14/h1-3,5-8,18-19H,4,9-13H2. The maximum Gasteiger partial charge on any atom is 0.0558 e. The molecule has 1 heterocycles. The van der Waals surface area contributed by atoms with Gasteiger partial charge in [-0.05, 0) is 24.1 Å². The Bertz CT molecular complexity index is 498. The molecule has 2 N–H and O–H groups in total. The highest BCUT2D eigenvalue weighted by atomic mass is 32.1. The minimum atomic E-state index is 0.155. The first-order valence-electron chi connectivity index (χ1n) is 6.91. The van der Waals surface area contributed by atoms with E-state index in [-0.39, 0.29) is 13.2 Å². The van der Waals surface area contributed by atoms with E-state index in [1.807, 2.05) is 18.2 Å². The number of benzene rings is 1. The van der Waals surface area contributed by atoms with Crippen LogP contribution in [0.3, 0.4) is 0 Å². The largest absolute Gasteiger partial charge is 0.396 e. The highest BCUT2D eigenvalue weighted by Crippen LogP contribution is 2.28. The molecule has 0 aliphatic rings. The van der Waals surface area contributed by atoms with Gasteiger partial charge < -0.3 is 10.2 Å². The summed E-state index contributed by atoms with van der Waals surface area (Å²) < 4.78 is 0. The average molecular weight is 291 g/mol. The lowest BCUT2D eigenvalue weighted by atomic mass is 10.2. The zero-order valence-corrected chi connectivity index (χ0v) is 12.4.